The summed E-state index contributed by atoms with van der Waals surface area (Å²) in [6, 6.07) is 2.20. The van der Waals surface area contributed by atoms with Crippen LogP contribution in [-0.2, 0) is 6.42 Å². The highest BCUT2D eigenvalue weighted by Gasteiger charge is 2.22. The number of fused-ring (bicyclic) bond motifs is 1. The second kappa shape index (κ2) is 9.36. The molecule has 7 nitrogen and oxygen atoms in total. The number of nitrogens with two attached hydrogens (primary N) is 1. The molecule has 2 heterocycles. The predicted molar refractivity (Wildman–Crippen MR) is 103 cm³/mol. The zero-order valence-corrected chi connectivity index (χ0v) is 16.6. The van der Waals surface area contributed by atoms with Crippen molar-refractivity contribution in [2.45, 2.75) is 84.2 Å². The molecular weight excluding hydrogens is 352 g/mol. The molecule has 0 bridgehead atoms. The van der Waals surface area contributed by atoms with E-state index < -0.39 is 5.92 Å². The molecule has 2 rings (SSSR count). The average molecular weight is 383 g/mol. The zero-order valence-electron chi connectivity index (χ0n) is 16.6. The van der Waals surface area contributed by atoms with Crippen molar-refractivity contribution >= 4 is 11.6 Å². The van der Waals surface area contributed by atoms with Crippen LogP contribution in [0.15, 0.2) is 6.07 Å². The van der Waals surface area contributed by atoms with Gasteiger partial charge in [-0.15, -0.1) is 0 Å². The Bertz CT molecular complexity index is 726. The number of nitrogens with one attached hydrogen (secondary N) is 2. The number of alkyl halides is 2. The molecule has 0 radical (unpaired) electrons. The van der Waals surface area contributed by atoms with Crippen molar-refractivity contribution in [3.63, 3.8) is 0 Å². The number of nitrogens with zero attached hydrogens (tertiary/aromatic N) is 4. The molecular formula is C18H31F2N7. The fourth-order valence-electron chi connectivity index (χ4n) is 2.96. The summed E-state index contributed by atoms with van der Waals surface area (Å²) in [4.78, 5) is 8.86. The van der Waals surface area contributed by atoms with Gasteiger partial charge in [-0.05, 0) is 46.5 Å². The maximum absolute atomic E-state index is 13.2. The summed E-state index contributed by atoms with van der Waals surface area (Å²) in [5, 5.41) is 7.91. The van der Waals surface area contributed by atoms with Gasteiger partial charge in [0.15, 0.2) is 5.65 Å². The molecule has 9 heteroatoms. The fourth-order valence-corrected chi connectivity index (χ4v) is 2.96. The molecule has 0 aliphatic heterocycles. The molecule has 0 saturated heterocycles. The molecule has 0 amide bonds. The molecule has 0 aromatic carbocycles. The smallest absolute Gasteiger partial charge is 0.245 e. The lowest BCUT2D eigenvalue weighted by molar-refractivity contribution is 0.0130. The number of aryl methyl sites for hydroxylation is 2. The van der Waals surface area contributed by atoms with E-state index in [4.69, 9.17) is 5.84 Å². The first-order valence-corrected chi connectivity index (χ1v) is 9.55. The topological polar surface area (TPSA) is 93.2 Å². The summed E-state index contributed by atoms with van der Waals surface area (Å²) < 4.78 is 27.9. The Morgan fingerprint density at radius 1 is 1.26 bits per heavy atom. The molecule has 0 aliphatic carbocycles. The van der Waals surface area contributed by atoms with E-state index in [0.717, 1.165) is 32.6 Å². The number of hydrazine groups is 1. The summed E-state index contributed by atoms with van der Waals surface area (Å²) in [5.41, 5.74) is 3.97. The Morgan fingerprint density at radius 2 is 2.00 bits per heavy atom. The van der Waals surface area contributed by atoms with Crippen LogP contribution in [0.5, 0.6) is 0 Å². The Hall–Kier alpha value is -1.87. The third kappa shape index (κ3) is 6.66. The van der Waals surface area contributed by atoms with Crippen LogP contribution < -0.4 is 16.6 Å². The van der Waals surface area contributed by atoms with Gasteiger partial charge in [-0.25, -0.2) is 13.8 Å². The number of aromatic nitrogens is 4. The molecule has 0 fully saturated rings. The molecule has 4 N–H and O–H groups in total. The second-order valence-electron chi connectivity index (χ2n) is 7.35. The minimum atomic E-state index is -2.71. The number of rotatable bonds is 11. The van der Waals surface area contributed by atoms with Gasteiger partial charge in [0.25, 0.3) is 0 Å². The van der Waals surface area contributed by atoms with Crippen LogP contribution in [0.4, 0.5) is 14.7 Å². The number of hydrogen-bond acceptors (Lipinski definition) is 6. The van der Waals surface area contributed by atoms with E-state index in [-0.39, 0.29) is 24.9 Å². The van der Waals surface area contributed by atoms with Crippen molar-refractivity contribution in [1.29, 1.82) is 0 Å². The summed E-state index contributed by atoms with van der Waals surface area (Å²) in [6.07, 6.45) is 3.83. The van der Waals surface area contributed by atoms with Crippen molar-refractivity contribution < 1.29 is 8.78 Å². The van der Waals surface area contributed by atoms with E-state index in [9.17, 15) is 8.78 Å². The van der Waals surface area contributed by atoms with Crippen molar-refractivity contribution in [3.05, 3.63) is 17.6 Å². The SMILES string of the molecule is CCCC(CC[C@H](C)NN)Nc1nc(C)nc2cc(CCC(C)(F)F)nn12. The minimum Gasteiger partial charge on any atom is -0.351 e. The summed E-state index contributed by atoms with van der Waals surface area (Å²) in [6.45, 7) is 6.91. The van der Waals surface area contributed by atoms with E-state index in [0.29, 0.717) is 23.1 Å². The van der Waals surface area contributed by atoms with Crippen LogP contribution in [0, 0.1) is 6.92 Å². The zero-order chi connectivity index (χ0) is 20.0. The molecule has 152 valence electrons. The summed E-state index contributed by atoms with van der Waals surface area (Å²) in [5.74, 6) is 3.98. The first-order chi connectivity index (χ1) is 12.7. The van der Waals surface area contributed by atoms with Gasteiger partial charge < -0.3 is 5.32 Å². The van der Waals surface area contributed by atoms with E-state index in [1.165, 1.54) is 0 Å². The molecule has 0 aliphatic rings. The van der Waals surface area contributed by atoms with Gasteiger partial charge in [-0.3, -0.25) is 11.3 Å². The molecule has 1 unspecified atom stereocenters. The Labute approximate surface area is 159 Å². The highest BCUT2D eigenvalue weighted by atomic mass is 19.3. The third-order valence-corrected chi connectivity index (χ3v) is 4.51. The van der Waals surface area contributed by atoms with E-state index in [2.05, 4.69) is 32.7 Å². The van der Waals surface area contributed by atoms with Gasteiger partial charge in [0.05, 0.1) is 5.69 Å². The van der Waals surface area contributed by atoms with E-state index >= 15 is 0 Å². The second-order valence-corrected chi connectivity index (χ2v) is 7.35. The van der Waals surface area contributed by atoms with Crippen LogP contribution in [-0.4, -0.2) is 37.6 Å². The van der Waals surface area contributed by atoms with Gasteiger partial charge in [0.1, 0.15) is 5.82 Å². The first kappa shape index (κ1) is 21.4. The maximum atomic E-state index is 13.2. The summed E-state index contributed by atoms with van der Waals surface area (Å²) in [7, 11) is 0. The highest BCUT2D eigenvalue weighted by molar-refractivity contribution is 5.46. The average Bonchev–Trinajstić information content (AvgIpc) is 3.00. The van der Waals surface area contributed by atoms with Gasteiger partial charge in [0, 0.05) is 24.6 Å². The van der Waals surface area contributed by atoms with Crippen LogP contribution in [0.25, 0.3) is 5.65 Å². The van der Waals surface area contributed by atoms with Crippen molar-refractivity contribution in [3.8, 4) is 0 Å². The molecule has 0 saturated carbocycles. The van der Waals surface area contributed by atoms with E-state index in [1.807, 2.05) is 13.8 Å². The Morgan fingerprint density at radius 3 is 2.63 bits per heavy atom. The van der Waals surface area contributed by atoms with Crippen LogP contribution in [0.1, 0.15) is 64.4 Å². The Balaban J connectivity index is 2.20. The lowest BCUT2D eigenvalue weighted by Gasteiger charge is -2.21. The number of anilines is 1. The molecule has 2 aromatic heterocycles. The lowest BCUT2D eigenvalue weighted by atomic mass is 10.0. The maximum Gasteiger partial charge on any atom is 0.245 e. The van der Waals surface area contributed by atoms with Gasteiger partial charge in [0.2, 0.25) is 11.9 Å². The highest BCUT2D eigenvalue weighted by Crippen LogP contribution is 2.21. The van der Waals surface area contributed by atoms with Crippen LogP contribution in [0.3, 0.4) is 0 Å². The fraction of sp³-hybridized carbons (Fsp3) is 0.722. The largest absolute Gasteiger partial charge is 0.351 e. The summed E-state index contributed by atoms with van der Waals surface area (Å²) >= 11 is 0. The van der Waals surface area contributed by atoms with Crippen molar-refractivity contribution in [1.82, 2.24) is 25.0 Å². The molecule has 27 heavy (non-hydrogen) atoms. The quantitative estimate of drug-likeness (QED) is 0.407. The number of halogens is 2. The van der Waals surface area contributed by atoms with Crippen molar-refractivity contribution in [2.75, 3.05) is 5.32 Å². The van der Waals surface area contributed by atoms with Gasteiger partial charge in [-0.2, -0.15) is 14.6 Å². The van der Waals surface area contributed by atoms with E-state index in [1.54, 1.807) is 10.6 Å². The molecule has 2 aromatic rings. The lowest BCUT2D eigenvalue weighted by Crippen LogP contribution is -2.34. The molecule has 0 spiro atoms. The number of hydrogen-bond donors (Lipinski definition) is 3. The standard InChI is InChI=1S/C18H31F2N7/c1-5-6-14(8-7-12(2)25-21)24-17-23-13(3)22-16-11-15(26-27(16)17)9-10-18(4,19)20/h11-12,14,25H,5-10,21H2,1-4H3,(H,22,23,24)/t12-,14?/m0/s1. The van der Waals surface area contributed by atoms with Gasteiger partial charge in [-0.1, -0.05) is 13.3 Å². The molecule has 2 atom stereocenters. The van der Waals surface area contributed by atoms with Crippen LogP contribution >= 0.6 is 0 Å². The first-order valence-electron chi connectivity index (χ1n) is 9.55. The monoisotopic (exact) mass is 383 g/mol. The Kier molecular flexibility index (Phi) is 7.43. The normalized spacial score (nSPS) is 14.5. The van der Waals surface area contributed by atoms with Gasteiger partial charge >= 0.3 is 0 Å². The van der Waals surface area contributed by atoms with Crippen LogP contribution in [0.2, 0.25) is 0 Å². The third-order valence-electron chi connectivity index (χ3n) is 4.51. The minimum absolute atomic E-state index is 0.198. The van der Waals surface area contributed by atoms with Crippen molar-refractivity contribution in [2.24, 2.45) is 5.84 Å². The predicted octanol–water partition coefficient (Wildman–Crippen LogP) is 3.23.